The summed E-state index contributed by atoms with van der Waals surface area (Å²) in [4.78, 5) is 2.41. The van der Waals surface area contributed by atoms with E-state index in [1.54, 1.807) is 0 Å². The normalized spacial score (nSPS) is 12.7. The maximum atomic E-state index is 4.01. The minimum Gasteiger partial charge on any atom is -0.310 e. The molecule has 6 aromatic rings. The molecule has 0 N–H and O–H groups in total. The maximum absolute atomic E-state index is 4.01. The number of hydrogen-bond acceptors (Lipinski definition) is 1. The fraction of sp³-hybridized carbons (Fsp3) is 0.0698. The van der Waals surface area contributed by atoms with Crippen molar-refractivity contribution in [2.45, 2.75) is 19.3 Å². The van der Waals surface area contributed by atoms with E-state index >= 15 is 0 Å². The molecule has 1 aliphatic rings. The number of hydrogen-bond donors (Lipinski definition) is 0. The van der Waals surface area contributed by atoms with Crippen molar-refractivity contribution in [3.8, 4) is 11.1 Å². The Morgan fingerprint density at radius 3 is 1.48 bits per heavy atom. The lowest BCUT2D eigenvalue weighted by Crippen LogP contribution is -2.28. The summed E-state index contributed by atoms with van der Waals surface area (Å²) < 4.78 is 0. The van der Waals surface area contributed by atoms with Gasteiger partial charge in [0.1, 0.15) is 0 Å². The van der Waals surface area contributed by atoms with Crippen molar-refractivity contribution < 1.29 is 0 Å². The summed E-state index contributed by atoms with van der Waals surface area (Å²) in [6, 6.07) is 51.2. The van der Waals surface area contributed by atoms with Gasteiger partial charge in [0, 0.05) is 16.9 Å². The average Bonchev–Trinajstić information content (AvgIpc) is 3.38. The predicted octanol–water partition coefficient (Wildman–Crippen LogP) is 11.4. The molecule has 44 heavy (non-hydrogen) atoms. The Labute approximate surface area is 261 Å². The van der Waals surface area contributed by atoms with Crippen molar-refractivity contribution in [2.24, 2.45) is 0 Å². The Morgan fingerprint density at radius 2 is 0.977 bits per heavy atom. The van der Waals surface area contributed by atoms with Crippen LogP contribution in [-0.2, 0) is 5.41 Å². The third kappa shape index (κ3) is 4.32. The van der Waals surface area contributed by atoms with Gasteiger partial charge in [0.15, 0.2) is 0 Å². The lowest BCUT2D eigenvalue weighted by molar-refractivity contribution is 0.768. The second kappa shape index (κ2) is 11.0. The van der Waals surface area contributed by atoms with Gasteiger partial charge in [-0.2, -0.15) is 0 Å². The van der Waals surface area contributed by atoms with Crippen molar-refractivity contribution in [1.29, 1.82) is 0 Å². The van der Waals surface area contributed by atoms with Crippen LogP contribution in [0.5, 0.6) is 0 Å². The van der Waals surface area contributed by atoms with E-state index < -0.39 is 5.41 Å². The van der Waals surface area contributed by atoms with Crippen LogP contribution in [0.1, 0.15) is 44.5 Å². The van der Waals surface area contributed by atoms with E-state index in [-0.39, 0.29) is 0 Å². The molecule has 0 saturated heterocycles. The van der Waals surface area contributed by atoms with Crippen molar-refractivity contribution in [3.63, 3.8) is 0 Å². The summed E-state index contributed by atoms with van der Waals surface area (Å²) in [6.45, 7) is 12.3. The zero-order valence-corrected chi connectivity index (χ0v) is 25.3. The highest BCUT2D eigenvalue weighted by Crippen LogP contribution is 2.59. The fourth-order valence-electron chi connectivity index (χ4n) is 6.84. The highest BCUT2D eigenvalue weighted by Gasteiger charge is 2.47. The summed E-state index contributed by atoms with van der Waals surface area (Å²) in [5, 5.41) is 0. The van der Waals surface area contributed by atoms with Gasteiger partial charge in [0.2, 0.25) is 0 Å². The first-order valence-corrected chi connectivity index (χ1v) is 15.2. The standard InChI is InChI=1S/C43H35N/c1-5-32-18-22-34(23-19-32)43(35-24-20-33(6-2)21-25-35)39-11-8-7-10-38(39)42-40(43)12-9-13-41(42)44(36-26-14-30(3)15-27-36)37-28-16-31(4)17-29-37/h5-29H,1-2H2,3-4H3. The molecule has 0 unspecified atom stereocenters. The van der Waals surface area contributed by atoms with Gasteiger partial charge in [-0.25, -0.2) is 0 Å². The second-order valence-corrected chi connectivity index (χ2v) is 11.7. The Morgan fingerprint density at radius 1 is 0.500 bits per heavy atom. The largest absolute Gasteiger partial charge is 0.310 e. The predicted molar refractivity (Wildman–Crippen MR) is 188 cm³/mol. The summed E-state index contributed by atoms with van der Waals surface area (Å²) >= 11 is 0. The van der Waals surface area contributed by atoms with Gasteiger partial charge in [-0.05, 0) is 83.1 Å². The molecule has 0 atom stereocenters. The minimum absolute atomic E-state index is 0.506. The molecule has 0 bridgehead atoms. The van der Waals surface area contributed by atoms with Gasteiger partial charge in [-0.3, -0.25) is 0 Å². The van der Waals surface area contributed by atoms with E-state index in [1.165, 1.54) is 44.5 Å². The van der Waals surface area contributed by atoms with Crippen LogP contribution in [0.15, 0.2) is 153 Å². The average molecular weight is 566 g/mol. The zero-order valence-electron chi connectivity index (χ0n) is 25.3. The molecule has 1 aliphatic carbocycles. The van der Waals surface area contributed by atoms with Gasteiger partial charge in [0.25, 0.3) is 0 Å². The Kier molecular flexibility index (Phi) is 6.87. The van der Waals surface area contributed by atoms with E-state index in [4.69, 9.17) is 0 Å². The van der Waals surface area contributed by atoms with Crippen LogP contribution < -0.4 is 4.90 Å². The van der Waals surface area contributed by atoms with Gasteiger partial charge < -0.3 is 4.90 Å². The highest BCUT2D eigenvalue weighted by molar-refractivity contribution is 5.97. The van der Waals surface area contributed by atoms with Crippen LogP contribution >= 0.6 is 0 Å². The topological polar surface area (TPSA) is 3.24 Å². The number of fused-ring (bicyclic) bond motifs is 3. The summed E-state index contributed by atoms with van der Waals surface area (Å²) in [6.07, 6.45) is 3.82. The molecule has 6 aromatic carbocycles. The molecule has 0 saturated carbocycles. The lowest BCUT2D eigenvalue weighted by Gasteiger charge is -2.34. The van der Waals surface area contributed by atoms with E-state index in [9.17, 15) is 0 Å². The van der Waals surface area contributed by atoms with E-state index in [0.717, 1.165) is 28.2 Å². The molecule has 212 valence electrons. The van der Waals surface area contributed by atoms with Crippen LogP contribution in [0.2, 0.25) is 0 Å². The monoisotopic (exact) mass is 565 g/mol. The molecule has 0 fully saturated rings. The van der Waals surface area contributed by atoms with Gasteiger partial charge in [-0.1, -0.05) is 146 Å². The summed E-state index contributed by atoms with van der Waals surface area (Å²) in [5.41, 5.74) is 15.2. The smallest absolute Gasteiger partial charge is 0.0714 e. The molecule has 0 aromatic heterocycles. The van der Waals surface area contributed by atoms with Crippen LogP contribution in [0.25, 0.3) is 23.3 Å². The molecule has 0 spiro atoms. The summed E-state index contributed by atoms with van der Waals surface area (Å²) in [5.74, 6) is 0. The first-order chi connectivity index (χ1) is 21.5. The molecular formula is C43H35N. The SMILES string of the molecule is C=Cc1ccc(C2(c3ccc(C=C)cc3)c3ccccc3-c3c(N(c4ccc(C)cc4)c4ccc(C)cc4)cccc32)cc1. The van der Waals surface area contributed by atoms with Crippen LogP contribution in [0.4, 0.5) is 17.1 Å². The zero-order chi connectivity index (χ0) is 30.3. The number of anilines is 3. The van der Waals surface area contributed by atoms with Crippen molar-refractivity contribution in [1.82, 2.24) is 0 Å². The molecule has 1 nitrogen and oxygen atoms in total. The number of aryl methyl sites for hydroxylation is 2. The molecule has 0 amide bonds. The van der Waals surface area contributed by atoms with Crippen molar-refractivity contribution in [3.05, 3.63) is 197 Å². The first-order valence-electron chi connectivity index (χ1n) is 15.2. The fourth-order valence-corrected chi connectivity index (χ4v) is 6.84. The molecule has 1 heteroatoms. The maximum Gasteiger partial charge on any atom is 0.0714 e. The van der Waals surface area contributed by atoms with Crippen molar-refractivity contribution in [2.75, 3.05) is 4.90 Å². The van der Waals surface area contributed by atoms with Crippen LogP contribution in [0, 0.1) is 13.8 Å². The number of benzene rings is 6. The number of nitrogens with zero attached hydrogens (tertiary/aromatic N) is 1. The van der Waals surface area contributed by atoms with Crippen molar-refractivity contribution >= 4 is 29.2 Å². The van der Waals surface area contributed by atoms with E-state index in [2.05, 4.69) is 171 Å². The van der Waals surface area contributed by atoms with E-state index in [0.29, 0.717) is 0 Å². The van der Waals surface area contributed by atoms with Gasteiger partial charge in [-0.15, -0.1) is 0 Å². The Bertz CT molecular complexity index is 1880. The Balaban J connectivity index is 1.58. The highest BCUT2D eigenvalue weighted by atomic mass is 15.1. The molecule has 0 heterocycles. The van der Waals surface area contributed by atoms with Gasteiger partial charge >= 0.3 is 0 Å². The third-order valence-electron chi connectivity index (χ3n) is 9.03. The Hall–Kier alpha value is -5.40. The molecule has 0 radical (unpaired) electrons. The summed E-state index contributed by atoms with van der Waals surface area (Å²) in [7, 11) is 0. The molecular weight excluding hydrogens is 530 g/mol. The van der Waals surface area contributed by atoms with Gasteiger partial charge in [0.05, 0.1) is 11.1 Å². The molecule has 7 rings (SSSR count). The molecule has 0 aliphatic heterocycles. The minimum atomic E-state index is -0.506. The van der Waals surface area contributed by atoms with E-state index in [1.807, 2.05) is 12.2 Å². The quantitative estimate of drug-likeness (QED) is 0.186. The lowest BCUT2D eigenvalue weighted by atomic mass is 9.67. The number of rotatable bonds is 7. The first kappa shape index (κ1) is 27.4. The second-order valence-electron chi connectivity index (χ2n) is 11.7. The van der Waals surface area contributed by atoms with Crippen LogP contribution in [0.3, 0.4) is 0 Å². The van der Waals surface area contributed by atoms with Crippen LogP contribution in [-0.4, -0.2) is 0 Å². The third-order valence-corrected chi connectivity index (χ3v) is 9.03.